The summed E-state index contributed by atoms with van der Waals surface area (Å²) in [6, 6.07) is 0.103. The first-order chi connectivity index (χ1) is 8.39. The maximum absolute atomic E-state index is 12.3. The van der Waals surface area contributed by atoms with Gasteiger partial charge in [-0.3, -0.25) is 0 Å². The molecule has 0 aromatic carbocycles. The summed E-state index contributed by atoms with van der Waals surface area (Å²) in [4.78, 5) is 0. The van der Waals surface area contributed by atoms with Crippen molar-refractivity contribution in [1.29, 1.82) is 0 Å². The van der Waals surface area contributed by atoms with Gasteiger partial charge in [-0.25, -0.2) is 12.7 Å². The minimum atomic E-state index is -3.17. The van der Waals surface area contributed by atoms with E-state index in [1.165, 1.54) is 0 Å². The van der Waals surface area contributed by atoms with E-state index in [0.717, 1.165) is 25.8 Å². The topological polar surface area (TPSA) is 69.6 Å². The Hall–Kier alpha value is -0.170. The molecule has 2 fully saturated rings. The quantitative estimate of drug-likeness (QED) is 0.778. The SMILES string of the molecule is CC1(O)CCN(S(=O)(=O)CC2CCCCN2)CC1. The molecule has 2 aliphatic heterocycles. The van der Waals surface area contributed by atoms with Crippen LogP contribution in [-0.4, -0.2) is 54.9 Å². The van der Waals surface area contributed by atoms with Gasteiger partial charge < -0.3 is 10.4 Å². The molecule has 0 radical (unpaired) electrons. The van der Waals surface area contributed by atoms with Gasteiger partial charge in [-0.15, -0.1) is 0 Å². The van der Waals surface area contributed by atoms with E-state index in [-0.39, 0.29) is 11.8 Å². The molecule has 2 rings (SSSR count). The molecule has 1 unspecified atom stereocenters. The molecular formula is C12H24N2O3S. The lowest BCUT2D eigenvalue weighted by Gasteiger charge is -2.36. The fraction of sp³-hybridized carbons (Fsp3) is 1.00. The molecule has 0 bridgehead atoms. The van der Waals surface area contributed by atoms with E-state index in [2.05, 4.69) is 5.32 Å². The maximum atomic E-state index is 12.3. The summed E-state index contributed by atoms with van der Waals surface area (Å²) in [5, 5.41) is 13.1. The summed E-state index contributed by atoms with van der Waals surface area (Å²) >= 11 is 0. The fourth-order valence-corrected chi connectivity index (χ4v) is 4.41. The Morgan fingerprint density at radius 1 is 1.33 bits per heavy atom. The molecule has 2 heterocycles. The zero-order valence-electron chi connectivity index (χ0n) is 11.1. The Bertz CT molecular complexity index is 365. The zero-order chi connectivity index (χ0) is 13.2. The van der Waals surface area contributed by atoms with Crippen molar-refractivity contribution in [3.63, 3.8) is 0 Å². The minimum Gasteiger partial charge on any atom is -0.390 e. The number of nitrogens with one attached hydrogen (secondary N) is 1. The number of rotatable bonds is 3. The van der Waals surface area contributed by atoms with Crippen molar-refractivity contribution >= 4 is 10.0 Å². The van der Waals surface area contributed by atoms with E-state index in [0.29, 0.717) is 25.9 Å². The van der Waals surface area contributed by atoms with Crippen molar-refractivity contribution in [3.8, 4) is 0 Å². The summed E-state index contributed by atoms with van der Waals surface area (Å²) in [5.41, 5.74) is -0.699. The standard InChI is InChI=1S/C12H24N2O3S/c1-12(15)5-8-14(9-6-12)18(16,17)10-11-4-2-3-7-13-11/h11,13,15H,2-10H2,1H3. The molecule has 106 valence electrons. The van der Waals surface area contributed by atoms with Crippen LogP contribution in [0, 0.1) is 0 Å². The molecule has 6 heteroatoms. The lowest BCUT2D eigenvalue weighted by molar-refractivity contribution is 0.0125. The zero-order valence-corrected chi connectivity index (χ0v) is 11.9. The molecule has 2 aliphatic rings. The summed E-state index contributed by atoms with van der Waals surface area (Å²) < 4.78 is 26.1. The molecule has 5 nitrogen and oxygen atoms in total. The van der Waals surface area contributed by atoms with Crippen LogP contribution >= 0.6 is 0 Å². The normalized spacial score (nSPS) is 30.2. The third-order valence-electron chi connectivity index (χ3n) is 4.02. The number of sulfonamides is 1. The van der Waals surface area contributed by atoms with Gasteiger partial charge in [-0.05, 0) is 39.2 Å². The molecule has 0 aromatic heterocycles. The Balaban J connectivity index is 1.90. The second-order valence-electron chi connectivity index (χ2n) is 5.82. The van der Waals surface area contributed by atoms with Crippen LogP contribution in [0.15, 0.2) is 0 Å². The van der Waals surface area contributed by atoms with Crippen molar-refractivity contribution < 1.29 is 13.5 Å². The number of hydrogen-bond acceptors (Lipinski definition) is 4. The number of hydrogen-bond donors (Lipinski definition) is 2. The van der Waals surface area contributed by atoms with Crippen LogP contribution in [0.1, 0.15) is 39.0 Å². The molecule has 0 aromatic rings. The van der Waals surface area contributed by atoms with E-state index >= 15 is 0 Å². The van der Waals surface area contributed by atoms with Gasteiger partial charge >= 0.3 is 0 Å². The van der Waals surface area contributed by atoms with Gasteiger partial charge in [0.15, 0.2) is 0 Å². The highest BCUT2D eigenvalue weighted by atomic mass is 32.2. The average molecular weight is 276 g/mol. The highest BCUT2D eigenvalue weighted by Gasteiger charge is 2.34. The average Bonchev–Trinajstić information content (AvgIpc) is 2.29. The molecule has 0 amide bonds. The van der Waals surface area contributed by atoms with E-state index in [1.54, 1.807) is 11.2 Å². The lowest BCUT2D eigenvalue weighted by Crippen LogP contribution is -2.49. The number of piperidine rings is 2. The molecule has 0 spiro atoms. The molecule has 0 aliphatic carbocycles. The van der Waals surface area contributed by atoms with Gasteiger partial charge in [-0.2, -0.15) is 0 Å². The monoisotopic (exact) mass is 276 g/mol. The van der Waals surface area contributed by atoms with Crippen LogP contribution in [0.5, 0.6) is 0 Å². The third-order valence-corrected chi connectivity index (χ3v) is 5.99. The highest BCUT2D eigenvalue weighted by molar-refractivity contribution is 7.89. The van der Waals surface area contributed by atoms with Crippen molar-refractivity contribution in [1.82, 2.24) is 9.62 Å². The largest absolute Gasteiger partial charge is 0.390 e. The van der Waals surface area contributed by atoms with Crippen molar-refractivity contribution in [2.24, 2.45) is 0 Å². The van der Waals surface area contributed by atoms with Crippen LogP contribution in [0.4, 0.5) is 0 Å². The van der Waals surface area contributed by atoms with Crippen molar-refractivity contribution in [2.75, 3.05) is 25.4 Å². The van der Waals surface area contributed by atoms with Crippen molar-refractivity contribution in [3.05, 3.63) is 0 Å². The Morgan fingerprint density at radius 2 is 2.00 bits per heavy atom. The van der Waals surface area contributed by atoms with E-state index < -0.39 is 15.6 Å². The molecule has 2 saturated heterocycles. The first kappa shape index (κ1) is 14.2. The summed E-state index contributed by atoms with van der Waals surface area (Å²) in [7, 11) is -3.17. The Labute approximate surface area is 110 Å². The maximum Gasteiger partial charge on any atom is 0.215 e. The Kier molecular flexibility index (Phi) is 4.31. The molecular weight excluding hydrogens is 252 g/mol. The minimum absolute atomic E-state index is 0.103. The van der Waals surface area contributed by atoms with Gasteiger partial charge in [0.05, 0.1) is 11.4 Å². The molecule has 1 atom stereocenters. The van der Waals surface area contributed by atoms with Crippen LogP contribution in [0.25, 0.3) is 0 Å². The third kappa shape index (κ3) is 3.66. The fourth-order valence-electron chi connectivity index (χ4n) is 2.67. The van der Waals surface area contributed by atoms with Crippen LogP contribution in [0.2, 0.25) is 0 Å². The summed E-state index contributed by atoms with van der Waals surface area (Å²) in [5.74, 6) is 0.204. The predicted molar refractivity (Wildman–Crippen MR) is 70.9 cm³/mol. The molecule has 0 saturated carbocycles. The smallest absolute Gasteiger partial charge is 0.215 e. The van der Waals surface area contributed by atoms with Gasteiger partial charge in [-0.1, -0.05) is 6.42 Å². The molecule has 2 N–H and O–H groups in total. The van der Waals surface area contributed by atoms with E-state index in [4.69, 9.17) is 0 Å². The van der Waals surface area contributed by atoms with Crippen molar-refractivity contribution in [2.45, 2.75) is 50.7 Å². The summed E-state index contributed by atoms with van der Waals surface area (Å²) in [6.07, 6.45) is 4.27. The van der Waals surface area contributed by atoms with E-state index in [9.17, 15) is 13.5 Å². The van der Waals surface area contributed by atoms with Gasteiger partial charge in [0.25, 0.3) is 0 Å². The lowest BCUT2D eigenvalue weighted by atomic mass is 9.95. The molecule has 18 heavy (non-hydrogen) atoms. The second-order valence-corrected chi connectivity index (χ2v) is 7.83. The van der Waals surface area contributed by atoms with Gasteiger partial charge in [0.1, 0.15) is 0 Å². The first-order valence-electron chi connectivity index (χ1n) is 6.83. The van der Waals surface area contributed by atoms with Crippen LogP contribution < -0.4 is 5.32 Å². The summed E-state index contributed by atoms with van der Waals surface area (Å²) in [6.45, 7) is 3.60. The van der Waals surface area contributed by atoms with E-state index in [1.807, 2.05) is 0 Å². The van der Waals surface area contributed by atoms with Gasteiger partial charge in [0, 0.05) is 19.1 Å². The van der Waals surface area contributed by atoms with Gasteiger partial charge in [0.2, 0.25) is 10.0 Å². The van der Waals surface area contributed by atoms with Crippen LogP contribution in [-0.2, 0) is 10.0 Å². The van der Waals surface area contributed by atoms with Crippen LogP contribution in [0.3, 0.4) is 0 Å². The predicted octanol–water partition coefficient (Wildman–Crippen LogP) is 0.305. The number of aliphatic hydroxyl groups is 1. The highest BCUT2D eigenvalue weighted by Crippen LogP contribution is 2.24. The second kappa shape index (κ2) is 5.45. The Morgan fingerprint density at radius 3 is 2.56 bits per heavy atom. The number of nitrogens with zero attached hydrogens (tertiary/aromatic N) is 1. The first-order valence-corrected chi connectivity index (χ1v) is 8.44.